The van der Waals surface area contributed by atoms with Gasteiger partial charge in [0, 0.05) is 29.0 Å². The number of oxazole rings is 1. The number of aromatic nitrogens is 1. The number of rotatable bonds is 15. The molecule has 1 aromatic heterocycles. The number of cyclic esters (lactones) is 1. The summed E-state index contributed by atoms with van der Waals surface area (Å²) in [7, 11) is 3.07. The Kier molecular flexibility index (Phi) is 19.6. The van der Waals surface area contributed by atoms with Gasteiger partial charge >= 0.3 is 23.9 Å². The topological polar surface area (TPSA) is 221 Å². The molecule has 1 amide bonds. The van der Waals surface area contributed by atoms with Crippen LogP contribution in [0.4, 0.5) is 5.69 Å². The molecule has 0 saturated carbocycles. The predicted molar refractivity (Wildman–Crippen MR) is 277 cm³/mol. The zero-order valence-corrected chi connectivity index (χ0v) is 42.5. The summed E-state index contributed by atoms with van der Waals surface area (Å²) >= 11 is 5.86. The predicted octanol–water partition coefficient (Wildman–Crippen LogP) is 11.3. The number of benzene rings is 4. The van der Waals surface area contributed by atoms with Gasteiger partial charge in [0.05, 0.1) is 49.8 Å². The van der Waals surface area contributed by atoms with Crippen molar-refractivity contribution in [3.8, 4) is 23.0 Å². The quantitative estimate of drug-likeness (QED) is 0.0566. The normalized spacial score (nSPS) is 20.9. The lowest BCUT2D eigenvalue weighted by atomic mass is 9.66. The first kappa shape index (κ1) is 55.1. The number of aliphatic carboxylic acids is 1. The summed E-state index contributed by atoms with van der Waals surface area (Å²) in [6.07, 6.45) is 13.6. The van der Waals surface area contributed by atoms with Crippen LogP contribution in [0.2, 0.25) is 5.02 Å². The molecular formula is C57H63ClN2O13. The van der Waals surface area contributed by atoms with Gasteiger partial charge in [-0.1, -0.05) is 74.9 Å². The number of aromatic carboxylic acids is 1. The van der Waals surface area contributed by atoms with Crippen LogP contribution < -0.4 is 14.8 Å². The molecule has 4 N–H and O–H groups in total. The molecule has 1 saturated heterocycles. The van der Waals surface area contributed by atoms with E-state index in [1.165, 1.54) is 30.9 Å². The van der Waals surface area contributed by atoms with E-state index in [2.05, 4.69) is 35.5 Å². The average molecular weight is 1020 g/mol. The summed E-state index contributed by atoms with van der Waals surface area (Å²) < 4.78 is 27.5. The summed E-state index contributed by atoms with van der Waals surface area (Å²) in [4.78, 5) is 62.6. The second-order valence-corrected chi connectivity index (χ2v) is 18.8. The van der Waals surface area contributed by atoms with Crippen LogP contribution in [0.5, 0.6) is 11.5 Å². The van der Waals surface area contributed by atoms with Gasteiger partial charge in [-0.25, -0.2) is 9.78 Å². The Labute approximate surface area is 429 Å². The maximum atomic E-state index is 12.4. The summed E-state index contributed by atoms with van der Waals surface area (Å²) in [5.74, 6) is -0.920. The van der Waals surface area contributed by atoms with Crippen molar-refractivity contribution in [2.24, 2.45) is 23.7 Å². The number of hydrogen-bond donors (Lipinski definition) is 4. The molecule has 386 valence electrons. The second-order valence-electron chi connectivity index (χ2n) is 18.4. The third-order valence-corrected chi connectivity index (χ3v) is 13.6. The van der Waals surface area contributed by atoms with E-state index in [9.17, 15) is 29.1 Å². The third kappa shape index (κ3) is 14.9. The zero-order valence-electron chi connectivity index (χ0n) is 41.8. The van der Waals surface area contributed by atoms with Gasteiger partial charge in [0.25, 0.3) is 0 Å². The molecule has 0 spiro atoms. The van der Waals surface area contributed by atoms with Crippen LogP contribution >= 0.6 is 11.6 Å². The van der Waals surface area contributed by atoms with Crippen LogP contribution in [0.25, 0.3) is 28.6 Å². The average Bonchev–Trinajstić information content (AvgIpc) is 3.81. The summed E-state index contributed by atoms with van der Waals surface area (Å²) in [6.45, 7) is 7.78. The van der Waals surface area contributed by atoms with Gasteiger partial charge in [-0.3, -0.25) is 19.2 Å². The van der Waals surface area contributed by atoms with E-state index in [1.54, 1.807) is 80.8 Å². The number of methoxy groups -OCH3 is 2. The van der Waals surface area contributed by atoms with Crippen LogP contribution in [-0.2, 0) is 28.7 Å². The number of allylic oxidation sites excluding steroid dienone is 3. The van der Waals surface area contributed by atoms with Crippen molar-refractivity contribution in [1.82, 2.24) is 4.98 Å². The molecule has 4 aromatic carbocycles. The van der Waals surface area contributed by atoms with Crippen molar-refractivity contribution in [2.45, 2.75) is 96.9 Å². The van der Waals surface area contributed by atoms with Crippen LogP contribution in [0.3, 0.4) is 0 Å². The lowest BCUT2D eigenvalue weighted by molar-refractivity contribution is -0.162. The molecule has 1 fully saturated rings. The van der Waals surface area contributed by atoms with E-state index < -0.39 is 29.9 Å². The number of para-hydroxylation sites is 1. The fourth-order valence-corrected chi connectivity index (χ4v) is 9.08. The highest BCUT2D eigenvalue weighted by molar-refractivity contribution is 6.30. The number of halogens is 1. The Hall–Kier alpha value is -7.23. The van der Waals surface area contributed by atoms with Gasteiger partial charge in [-0.05, 0) is 134 Å². The zero-order chi connectivity index (χ0) is 52.8. The Bertz CT molecular complexity index is 2830. The van der Waals surface area contributed by atoms with Gasteiger partial charge in [-0.2, -0.15) is 0 Å². The molecule has 3 aliphatic rings. The number of esters is 2. The van der Waals surface area contributed by atoms with Gasteiger partial charge in [0.15, 0.2) is 17.1 Å². The van der Waals surface area contributed by atoms with Crippen LogP contribution in [0.15, 0.2) is 119 Å². The van der Waals surface area contributed by atoms with Crippen molar-refractivity contribution >= 4 is 64.2 Å². The number of carbonyl (C=O) groups is 5. The summed E-state index contributed by atoms with van der Waals surface area (Å²) in [5, 5.41) is 31.2. The van der Waals surface area contributed by atoms with E-state index in [1.807, 2.05) is 26.0 Å². The fraction of sp³-hybridized carbons (Fsp3) is 0.368. The highest BCUT2D eigenvalue weighted by atomic mass is 35.5. The molecule has 16 heteroatoms. The number of ether oxygens (including phenoxy) is 4. The van der Waals surface area contributed by atoms with Crippen molar-refractivity contribution in [1.29, 1.82) is 0 Å². The number of aliphatic hydroxyl groups is 1. The molecule has 5 aromatic rings. The largest absolute Gasteiger partial charge is 0.493 e. The summed E-state index contributed by atoms with van der Waals surface area (Å²) in [5.41, 5.74) is 5.09. The van der Waals surface area contributed by atoms with Gasteiger partial charge in [0.2, 0.25) is 11.8 Å². The molecule has 2 heterocycles. The molecule has 1 aliphatic heterocycles. The molecule has 1 unspecified atom stereocenters. The molecule has 0 radical (unpaired) electrons. The number of fused-ring (bicyclic) bond motifs is 2. The first-order valence-corrected chi connectivity index (χ1v) is 24.7. The molecule has 2 aliphatic carbocycles. The Morgan fingerprint density at radius 3 is 2.37 bits per heavy atom. The monoisotopic (exact) mass is 1020 g/mol. The lowest BCUT2D eigenvalue weighted by Gasteiger charge is -2.42. The maximum Gasteiger partial charge on any atom is 0.337 e. The number of hydrogen-bond acceptors (Lipinski definition) is 12. The van der Waals surface area contributed by atoms with Crippen molar-refractivity contribution in [3.05, 3.63) is 137 Å². The third-order valence-electron chi connectivity index (χ3n) is 13.3. The van der Waals surface area contributed by atoms with Gasteiger partial charge in [-0.15, -0.1) is 0 Å². The van der Waals surface area contributed by atoms with Gasteiger partial charge < -0.3 is 44.0 Å². The van der Waals surface area contributed by atoms with Crippen molar-refractivity contribution in [3.63, 3.8) is 0 Å². The van der Waals surface area contributed by atoms with E-state index in [-0.39, 0.29) is 53.7 Å². The van der Waals surface area contributed by atoms with E-state index in [0.717, 1.165) is 43.2 Å². The molecule has 73 heavy (non-hydrogen) atoms. The molecule has 8 rings (SSSR count). The number of amides is 1. The van der Waals surface area contributed by atoms with E-state index in [0.29, 0.717) is 57.3 Å². The minimum atomic E-state index is -1.10. The first-order chi connectivity index (χ1) is 35.0. The number of nitrogens with one attached hydrogen (secondary N) is 1. The first-order valence-electron chi connectivity index (χ1n) is 24.4. The SMILES string of the molecule is CC(C(=O)O)c1ccc2oc(-c3ccc(Cl)cc3)nc2c1.CC[C@H](C)C(=O)O[C@H]1CCC=C2C=C[C@H](C)[C@H](CC[C@@H]3C[C@@H](O)CC(=O)O3)[C@H]21.COc1ccc(/C=C/C(=O)Nc2ccccc2C(=O)O)cc1OC. The highest BCUT2D eigenvalue weighted by Crippen LogP contribution is 2.44. The minimum Gasteiger partial charge on any atom is -0.493 e. The van der Waals surface area contributed by atoms with Crippen molar-refractivity contribution < 1.29 is 62.7 Å². The lowest BCUT2D eigenvalue weighted by Crippen LogP contribution is -2.40. The smallest absolute Gasteiger partial charge is 0.337 e. The Morgan fingerprint density at radius 1 is 0.945 bits per heavy atom. The maximum absolute atomic E-state index is 12.4. The number of carboxylic acid groups (broad SMARTS) is 2. The van der Waals surface area contributed by atoms with Crippen LogP contribution in [-0.4, -0.2) is 82.6 Å². The highest BCUT2D eigenvalue weighted by Gasteiger charge is 2.41. The molecular weight excluding hydrogens is 956 g/mol. The van der Waals surface area contributed by atoms with Crippen LogP contribution in [0, 0.1) is 23.7 Å². The Morgan fingerprint density at radius 2 is 1.68 bits per heavy atom. The number of carboxylic acids is 2. The Balaban J connectivity index is 0.000000180. The summed E-state index contributed by atoms with van der Waals surface area (Å²) in [6, 6.07) is 23.9. The molecule has 8 atom stereocenters. The number of anilines is 1. The number of aliphatic hydroxyl groups excluding tert-OH is 1. The molecule has 15 nitrogen and oxygen atoms in total. The standard InChI is InChI=1S/C23H34O5.C18H17NO5.C16H12ClNO3/c1-4-14(2)23(26)28-20-7-5-6-16-9-8-15(3)19(22(16)20)11-10-18-12-17(24)13-21(25)27-18;1-23-15-9-7-12(11-16(15)24-2)8-10-17(20)19-14-6-4-3-5-13(14)18(21)22;1-9(16(19)20)11-4-7-14-13(8-11)18-15(21-14)10-2-5-12(17)6-3-10/h6,8-9,14-15,17-20,22,24H,4-5,7,10-13H2,1-3H3;3-11H,1-2H3,(H,19,20)(H,21,22);2-9H,1H3,(H,19,20)/b;10-8+;/t14-,15-,17+,18+,19-,20-,22-;;/m0../s1. The van der Waals surface area contributed by atoms with Crippen LogP contribution in [0.1, 0.15) is 100 Å². The van der Waals surface area contributed by atoms with E-state index >= 15 is 0 Å². The van der Waals surface area contributed by atoms with Crippen molar-refractivity contribution in [2.75, 3.05) is 19.5 Å². The second kappa shape index (κ2) is 25.9. The fourth-order valence-electron chi connectivity index (χ4n) is 8.96. The van der Waals surface area contributed by atoms with Gasteiger partial charge in [0.1, 0.15) is 17.7 Å². The van der Waals surface area contributed by atoms with E-state index in [4.69, 9.17) is 45.2 Å². The number of nitrogens with zero attached hydrogens (tertiary/aromatic N) is 1. The molecule has 0 bridgehead atoms. The minimum absolute atomic E-state index is 0.0327. The number of carbonyl (C=O) groups excluding carboxylic acids is 3.